The van der Waals surface area contributed by atoms with Crippen LogP contribution in [0.1, 0.15) is 43.2 Å². The number of rotatable bonds is 2. The summed E-state index contributed by atoms with van der Waals surface area (Å²) in [4.78, 5) is 0. The molecule has 16 heavy (non-hydrogen) atoms. The third-order valence-corrected chi connectivity index (χ3v) is 3.87. The van der Waals surface area contributed by atoms with Gasteiger partial charge in [0.05, 0.1) is 0 Å². The van der Waals surface area contributed by atoms with Crippen molar-refractivity contribution in [2.45, 2.75) is 37.5 Å². The van der Waals surface area contributed by atoms with E-state index in [1.807, 2.05) is 12.1 Å². The van der Waals surface area contributed by atoms with Crippen molar-refractivity contribution in [3.05, 3.63) is 35.4 Å². The molecule has 1 aromatic carbocycles. The number of hydrogen-bond acceptors (Lipinski definition) is 1. The Kier molecular flexibility index (Phi) is 3.31. The van der Waals surface area contributed by atoms with Gasteiger partial charge < -0.3 is 5.73 Å². The van der Waals surface area contributed by atoms with Crippen molar-refractivity contribution in [1.29, 1.82) is 0 Å². The summed E-state index contributed by atoms with van der Waals surface area (Å²) in [6.45, 7) is 0.752. The minimum atomic E-state index is 0.214. The van der Waals surface area contributed by atoms with E-state index < -0.39 is 0 Å². The van der Waals surface area contributed by atoms with Gasteiger partial charge in [-0.15, -0.1) is 6.42 Å². The molecule has 84 valence electrons. The van der Waals surface area contributed by atoms with Crippen LogP contribution in [0.4, 0.5) is 0 Å². The van der Waals surface area contributed by atoms with Crippen LogP contribution < -0.4 is 5.73 Å². The van der Waals surface area contributed by atoms with Gasteiger partial charge in [0.2, 0.25) is 0 Å². The van der Waals surface area contributed by atoms with Crippen molar-refractivity contribution in [3.8, 4) is 12.3 Å². The van der Waals surface area contributed by atoms with Gasteiger partial charge in [-0.05, 0) is 30.5 Å². The van der Waals surface area contributed by atoms with Gasteiger partial charge in [0.25, 0.3) is 0 Å². The maximum Gasteiger partial charge on any atom is 0.0242 e. The molecule has 1 nitrogen and oxygen atoms in total. The summed E-state index contributed by atoms with van der Waals surface area (Å²) in [7, 11) is 0. The molecule has 0 radical (unpaired) electrons. The molecule has 1 aliphatic rings. The van der Waals surface area contributed by atoms with Crippen LogP contribution in [0.5, 0.6) is 0 Å². The minimum Gasteiger partial charge on any atom is -0.330 e. The summed E-state index contributed by atoms with van der Waals surface area (Å²) in [5, 5.41) is 0. The Morgan fingerprint density at radius 1 is 1.12 bits per heavy atom. The molecule has 0 bridgehead atoms. The summed E-state index contributed by atoms with van der Waals surface area (Å²) >= 11 is 0. The summed E-state index contributed by atoms with van der Waals surface area (Å²) in [5.74, 6) is 2.66. The summed E-state index contributed by atoms with van der Waals surface area (Å²) < 4.78 is 0. The molecule has 0 spiro atoms. The van der Waals surface area contributed by atoms with Crippen molar-refractivity contribution in [3.63, 3.8) is 0 Å². The van der Waals surface area contributed by atoms with Gasteiger partial charge in [-0.3, -0.25) is 0 Å². The predicted molar refractivity (Wildman–Crippen MR) is 68.2 cm³/mol. The van der Waals surface area contributed by atoms with Crippen LogP contribution in [0.15, 0.2) is 24.3 Å². The topological polar surface area (TPSA) is 26.0 Å². The molecule has 0 atom stereocenters. The first kappa shape index (κ1) is 11.2. The summed E-state index contributed by atoms with van der Waals surface area (Å²) in [6, 6.07) is 8.38. The fourth-order valence-electron chi connectivity index (χ4n) is 2.76. The van der Waals surface area contributed by atoms with Gasteiger partial charge in [-0.1, -0.05) is 37.3 Å². The largest absolute Gasteiger partial charge is 0.330 e. The van der Waals surface area contributed by atoms with E-state index in [-0.39, 0.29) is 5.41 Å². The molecule has 0 saturated heterocycles. The number of hydrogen-bond donors (Lipinski definition) is 1. The molecule has 0 unspecified atom stereocenters. The lowest BCUT2D eigenvalue weighted by atomic mass is 9.69. The van der Waals surface area contributed by atoms with E-state index in [0.29, 0.717) is 0 Å². The highest BCUT2D eigenvalue weighted by Crippen LogP contribution is 2.38. The lowest BCUT2D eigenvalue weighted by Crippen LogP contribution is -2.37. The minimum absolute atomic E-state index is 0.214. The molecule has 1 aliphatic carbocycles. The second kappa shape index (κ2) is 4.72. The van der Waals surface area contributed by atoms with Crippen LogP contribution in [0.2, 0.25) is 0 Å². The fourth-order valence-corrected chi connectivity index (χ4v) is 2.76. The number of terminal acetylenes is 1. The van der Waals surface area contributed by atoms with Crippen molar-refractivity contribution in [2.75, 3.05) is 6.54 Å². The maximum absolute atomic E-state index is 6.00. The quantitative estimate of drug-likeness (QED) is 0.751. The molecule has 1 fully saturated rings. The van der Waals surface area contributed by atoms with Crippen LogP contribution in [0, 0.1) is 12.3 Å². The van der Waals surface area contributed by atoms with Crippen LogP contribution in [0.25, 0.3) is 0 Å². The van der Waals surface area contributed by atoms with Gasteiger partial charge in [0, 0.05) is 17.5 Å². The van der Waals surface area contributed by atoms with E-state index in [1.165, 1.54) is 37.7 Å². The highest BCUT2D eigenvalue weighted by molar-refractivity contribution is 5.37. The Hall–Kier alpha value is -1.26. The first-order valence-electron chi connectivity index (χ1n) is 6.08. The Labute approximate surface area is 98.0 Å². The van der Waals surface area contributed by atoms with Gasteiger partial charge >= 0.3 is 0 Å². The monoisotopic (exact) mass is 213 g/mol. The number of benzene rings is 1. The van der Waals surface area contributed by atoms with Crippen molar-refractivity contribution >= 4 is 0 Å². The molecule has 2 rings (SSSR count). The lowest BCUT2D eigenvalue weighted by Gasteiger charge is -2.36. The van der Waals surface area contributed by atoms with E-state index in [1.54, 1.807) is 0 Å². The molecule has 0 amide bonds. The first-order chi connectivity index (χ1) is 7.80. The van der Waals surface area contributed by atoms with E-state index in [0.717, 1.165) is 12.1 Å². The molecular formula is C15H19N. The predicted octanol–water partition coefficient (Wildman–Crippen LogP) is 2.83. The Bertz CT molecular complexity index is 377. The van der Waals surface area contributed by atoms with Crippen LogP contribution in [-0.2, 0) is 5.41 Å². The maximum atomic E-state index is 6.00. The van der Waals surface area contributed by atoms with E-state index >= 15 is 0 Å². The van der Waals surface area contributed by atoms with Gasteiger partial charge in [-0.2, -0.15) is 0 Å². The van der Waals surface area contributed by atoms with Crippen molar-refractivity contribution < 1.29 is 0 Å². The highest BCUT2D eigenvalue weighted by atomic mass is 14.6. The van der Waals surface area contributed by atoms with Gasteiger partial charge in [0.15, 0.2) is 0 Å². The third kappa shape index (κ3) is 1.99. The Morgan fingerprint density at radius 2 is 1.75 bits per heavy atom. The molecule has 1 saturated carbocycles. The molecule has 2 N–H and O–H groups in total. The van der Waals surface area contributed by atoms with E-state index in [4.69, 9.17) is 12.2 Å². The number of nitrogens with two attached hydrogens (primary N) is 1. The lowest BCUT2D eigenvalue weighted by molar-refractivity contribution is 0.301. The SMILES string of the molecule is C#Cc1ccc(C2(CN)CCCCC2)cc1. The van der Waals surface area contributed by atoms with E-state index in [9.17, 15) is 0 Å². The zero-order valence-electron chi connectivity index (χ0n) is 9.71. The Morgan fingerprint density at radius 3 is 2.25 bits per heavy atom. The van der Waals surface area contributed by atoms with Gasteiger partial charge in [0.1, 0.15) is 0 Å². The van der Waals surface area contributed by atoms with Crippen LogP contribution in [-0.4, -0.2) is 6.54 Å². The standard InChI is InChI=1S/C15H19N/c1-2-13-6-8-14(9-7-13)15(12-16)10-4-3-5-11-15/h1,6-9H,3-5,10-12,16H2. The molecule has 1 heteroatoms. The second-order valence-electron chi connectivity index (χ2n) is 4.77. The molecule has 0 heterocycles. The fraction of sp³-hybridized carbons (Fsp3) is 0.467. The Balaban J connectivity index is 2.29. The smallest absolute Gasteiger partial charge is 0.0242 e. The normalized spacial score (nSPS) is 19.0. The molecule has 0 aliphatic heterocycles. The third-order valence-electron chi connectivity index (χ3n) is 3.87. The molecule has 1 aromatic rings. The second-order valence-corrected chi connectivity index (χ2v) is 4.77. The highest BCUT2D eigenvalue weighted by Gasteiger charge is 2.32. The summed E-state index contributed by atoms with van der Waals surface area (Å²) in [6.07, 6.45) is 11.8. The zero-order chi connectivity index (χ0) is 11.4. The molecular weight excluding hydrogens is 194 g/mol. The van der Waals surface area contributed by atoms with Gasteiger partial charge in [-0.25, -0.2) is 0 Å². The first-order valence-corrected chi connectivity index (χ1v) is 6.08. The zero-order valence-corrected chi connectivity index (χ0v) is 9.71. The van der Waals surface area contributed by atoms with Crippen molar-refractivity contribution in [2.24, 2.45) is 5.73 Å². The van der Waals surface area contributed by atoms with Crippen molar-refractivity contribution in [1.82, 2.24) is 0 Å². The average Bonchev–Trinajstić information content (AvgIpc) is 2.39. The van der Waals surface area contributed by atoms with Crippen LogP contribution in [0.3, 0.4) is 0 Å². The van der Waals surface area contributed by atoms with E-state index in [2.05, 4.69) is 18.1 Å². The molecule has 0 aromatic heterocycles. The van der Waals surface area contributed by atoms with Crippen LogP contribution >= 0.6 is 0 Å². The average molecular weight is 213 g/mol. The summed E-state index contributed by atoms with van der Waals surface area (Å²) in [5.41, 5.74) is 8.53.